The topological polar surface area (TPSA) is 132 Å². The van der Waals surface area contributed by atoms with Crippen LogP contribution in [-0.2, 0) is 11.6 Å². The van der Waals surface area contributed by atoms with Gasteiger partial charge in [0, 0.05) is 28.5 Å². The number of hydrogen-bond donors (Lipinski definition) is 5. The molecule has 0 fully saturated rings. The zero-order valence-electron chi connectivity index (χ0n) is 25.4. The largest absolute Gasteiger partial charge is 0.416 e. The molecule has 12 heteroatoms. The van der Waals surface area contributed by atoms with Crippen molar-refractivity contribution in [2.45, 2.75) is 52.3 Å². The summed E-state index contributed by atoms with van der Waals surface area (Å²) < 4.78 is 39.0. The Morgan fingerprint density at radius 3 is 1.96 bits per heavy atom. The standard InChI is InChI=1S/C33H34F3N7O2/c1-19(2)40-28-26(29(39-18-38-28)43-30(44)21-9-13-22(14-10-21)32(3,4)5)27(37)20-11-15-24(16-12-20)41-31(45)42-25-8-6-7-23(17-25)33(34,35)36/h6-19,37H,1-5H3,(H2,41,42,45)(H2,38,39,40,43,44). The second-order valence-corrected chi connectivity index (χ2v) is 11.6. The summed E-state index contributed by atoms with van der Waals surface area (Å²) in [5, 5.41) is 20.0. The van der Waals surface area contributed by atoms with Crippen LogP contribution in [0.2, 0.25) is 0 Å². The van der Waals surface area contributed by atoms with E-state index < -0.39 is 23.7 Å². The average molecular weight is 618 g/mol. The molecular formula is C33H34F3N7O2. The molecule has 0 aliphatic carbocycles. The summed E-state index contributed by atoms with van der Waals surface area (Å²) >= 11 is 0. The summed E-state index contributed by atoms with van der Waals surface area (Å²) in [4.78, 5) is 34.2. The lowest BCUT2D eigenvalue weighted by atomic mass is 9.87. The fourth-order valence-electron chi connectivity index (χ4n) is 4.33. The molecule has 4 rings (SSSR count). The van der Waals surface area contributed by atoms with E-state index in [2.05, 4.69) is 52.0 Å². The molecule has 0 aliphatic heterocycles. The van der Waals surface area contributed by atoms with Crippen molar-refractivity contribution in [3.63, 3.8) is 0 Å². The lowest BCUT2D eigenvalue weighted by molar-refractivity contribution is -0.137. The monoisotopic (exact) mass is 617 g/mol. The van der Waals surface area contributed by atoms with Gasteiger partial charge in [-0.25, -0.2) is 14.8 Å². The molecule has 0 radical (unpaired) electrons. The van der Waals surface area contributed by atoms with Gasteiger partial charge in [0.05, 0.1) is 16.8 Å². The smallest absolute Gasteiger partial charge is 0.367 e. The Morgan fingerprint density at radius 2 is 1.36 bits per heavy atom. The molecule has 1 aromatic heterocycles. The van der Waals surface area contributed by atoms with Gasteiger partial charge in [0.15, 0.2) is 0 Å². The molecule has 0 saturated carbocycles. The van der Waals surface area contributed by atoms with E-state index in [1.54, 1.807) is 36.4 Å². The van der Waals surface area contributed by atoms with E-state index in [1.165, 1.54) is 18.5 Å². The Labute approximate surface area is 259 Å². The fourth-order valence-corrected chi connectivity index (χ4v) is 4.33. The Hall–Kier alpha value is -5.26. The first-order valence-corrected chi connectivity index (χ1v) is 14.1. The predicted octanol–water partition coefficient (Wildman–Crippen LogP) is 7.93. The van der Waals surface area contributed by atoms with Crippen molar-refractivity contribution >= 4 is 40.7 Å². The number of carbonyl (C=O) groups excluding carboxylic acids is 2. The molecule has 0 bridgehead atoms. The van der Waals surface area contributed by atoms with Gasteiger partial charge in [-0.15, -0.1) is 0 Å². The maximum atomic E-state index is 13.2. The van der Waals surface area contributed by atoms with E-state index in [1.807, 2.05) is 26.0 Å². The van der Waals surface area contributed by atoms with Crippen LogP contribution >= 0.6 is 0 Å². The molecule has 1 heterocycles. The molecular weight excluding hydrogens is 583 g/mol. The van der Waals surface area contributed by atoms with Crippen LogP contribution in [0, 0.1) is 5.41 Å². The van der Waals surface area contributed by atoms with Gasteiger partial charge < -0.3 is 21.3 Å². The molecule has 9 nitrogen and oxygen atoms in total. The van der Waals surface area contributed by atoms with Gasteiger partial charge in [-0.3, -0.25) is 10.2 Å². The first kappa shape index (κ1) is 32.6. The van der Waals surface area contributed by atoms with Crippen molar-refractivity contribution in [1.82, 2.24) is 9.97 Å². The number of amides is 3. The van der Waals surface area contributed by atoms with Gasteiger partial charge in [-0.05, 0) is 67.3 Å². The highest BCUT2D eigenvalue weighted by Gasteiger charge is 2.30. The van der Waals surface area contributed by atoms with Crippen molar-refractivity contribution in [2.75, 3.05) is 21.3 Å². The van der Waals surface area contributed by atoms with Crippen LogP contribution in [0.1, 0.15) is 67.2 Å². The van der Waals surface area contributed by atoms with E-state index in [0.717, 1.165) is 17.7 Å². The van der Waals surface area contributed by atoms with E-state index in [-0.39, 0.29) is 34.2 Å². The summed E-state index contributed by atoms with van der Waals surface area (Å²) in [6.07, 6.45) is -3.24. The molecule has 5 N–H and O–H groups in total. The quantitative estimate of drug-likeness (QED) is 0.128. The SMILES string of the molecule is CC(C)Nc1ncnc(NC(=O)c2ccc(C(C)(C)C)cc2)c1C(=N)c1ccc(NC(=O)Nc2cccc(C(F)(F)F)c2)cc1. The number of rotatable bonds is 8. The third-order valence-electron chi connectivity index (χ3n) is 6.65. The number of aromatic nitrogens is 2. The second kappa shape index (κ2) is 13.2. The molecule has 45 heavy (non-hydrogen) atoms. The van der Waals surface area contributed by atoms with Crippen LogP contribution in [-0.4, -0.2) is 33.7 Å². The fraction of sp³-hybridized carbons (Fsp3) is 0.242. The number of nitrogens with zero attached hydrogens (tertiary/aromatic N) is 2. The number of hydrogen-bond acceptors (Lipinski definition) is 6. The van der Waals surface area contributed by atoms with E-state index in [0.29, 0.717) is 22.6 Å². The summed E-state index contributed by atoms with van der Waals surface area (Å²) in [6.45, 7) is 10.1. The lowest BCUT2D eigenvalue weighted by Crippen LogP contribution is -2.21. The molecule has 3 amide bonds. The van der Waals surface area contributed by atoms with Crippen LogP contribution in [0.3, 0.4) is 0 Å². The summed E-state index contributed by atoms with van der Waals surface area (Å²) in [7, 11) is 0. The van der Waals surface area contributed by atoms with Crippen molar-refractivity contribution in [3.8, 4) is 0 Å². The van der Waals surface area contributed by atoms with Gasteiger partial charge in [0.1, 0.15) is 18.0 Å². The number of halogens is 3. The molecule has 3 aromatic carbocycles. The number of benzene rings is 3. The van der Waals surface area contributed by atoms with Crippen LogP contribution in [0.4, 0.5) is 41.0 Å². The normalized spacial score (nSPS) is 11.6. The van der Waals surface area contributed by atoms with Crippen molar-refractivity contribution in [2.24, 2.45) is 0 Å². The Balaban J connectivity index is 1.53. The third kappa shape index (κ3) is 8.43. The van der Waals surface area contributed by atoms with E-state index in [9.17, 15) is 22.8 Å². The molecule has 4 aromatic rings. The van der Waals surface area contributed by atoms with E-state index in [4.69, 9.17) is 5.41 Å². The van der Waals surface area contributed by atoms with Crippen LogP contribution in [0.15, 0.2) is 79.1 Å². The van der Waals surface area contributed by atoms with Gasteiger partial charge >= 0.3 is 12.2 Å². The highest BCUT2D eigenvalue weighted by atomic mass is 19.4. The van der Waals surface area contributed by atoms with Gasteiger partial charge in [0.25, 0.3) is 5.91 Å². The number of nitrogens with one attached hydrogen (secondary N) is 5. The number of carbonyl (C=O) groups is 2. The number of urea groups is 1. The number of anilines is 4. The van der Waals surface area contributed by atoms with Crippen LogP contribution in [0.5, 0.6) is 0 Å². The highest BCUT2D eigenvalue weighted by molar-refractivity contribution is 6.18. The van der Waals surface area contributed by atoms with Crippen molar-refractivity contribution in [3.05, 3.63) is 107 Å². The maximum absolute atomic E-state index is 13.2. The minimum Gasteiger partial charge on any atom is -0.367 e. The van der Waals surface area contributed by atoms with Crippen LogP contribution in [0.25, 0.3) is 0 Å². The van der Waals surface area contributed by atoms with Gasteiger partial charge in [-0.1, -0.05) is 51.1 Å². The summed E-state index contributed by atoms with van der Waals surface area (Å²) in [6, 6.07) is 17.1. The Bertz CT molecular complexity index is 1700. The molecule has 0 unspecified atom stereocenters. The molecule has 234 valence electrons. The molecule has 0 atom stereocenters. The second-order valence-electron chi connectivity index (χ2n) is 11.6. The summed E-state index contributed by atoms with van der Waals surface area (Å²) in [5.41, 5.74) is 1.60. The average Bonchev–Trinajstić information content (AvgIpc) is 2.96. The van der Waals surface area contributed by atoms with Crippen LogP contribution < -0.4 is 21.3 Å². The lowest BCUT2D eigenvalue weighted by Gasteiger charge is -2.19. The van der Waals surface area contributed by atoms with Crippen molar-refractivity contribution < 1.29 is 22.8 Å². The summed E-state index contributed by atoms with van der Waals surface area (Å²) in [5.74, 6) is 0.0989. The highest BCUT2D eigenvalue weighted by Crippen LogP contribution is 2.31. The maximum Gasteiger partial charge on any atom is 0.416 e. The van der Waals surface area contributed by atoms with Gasteiger partial charge in [0.2, 0.25) is 0 Å². The minimum atomic E-state index is -4.54. The first-order valence-electron chi connectivity index (χ1n) is 14.1. The third-order valence-corrected chi connectivity index (χ3v) is 6.65. The molecule has 0 aliphatic rings. The van der Waals surface area contributed by atoms with Crippen molar-refractivity contribution in [1.29, 1.82) is 5.41 Å². The number of alkyl halides is 3. The van der Waals surface area contributed by atoms with Gasteiger partial charge in [-0.2, -0.15) is 13.2 Å². The molecule has 0 saturated heterocycles. The molecule has 0 spiro atoms. The Morgan fingerprint density at radius 1 is 0.756 bits per heavy atom. The zero-order chi connectivity index (χ0) is 32.9. The predicted molar refractivity (Wildman–Crippen MR) is 170 cm³/mol. The Kier molecular flexibility index (Phi) is 9.55. The zero-order valence-corrected chi connectivity index (χ0v) is 25.4. The minimum absolute atomic E-state index is 0.0112. The first-order chi connectivity index (χ1) is 21.1. The van der Waals surface area contributed by atoms with E-state index >= 15 is 0 Å².